The van der Waals surface area contributed by atoms with Crippen LogP contribution in [0.25, 0.3) is 0 Å². The van der Waals surface area contributed by atoms with Crippen molar-refractivity contribution >= 4 is 40.2 Å². The van der Waals surface area contributed by atoms with E-state index in [0.29, 0.717) is 10.0 Å². The molecular formula is C15H15ClN2S. The molecule has 2 rings (SSSR count). The molecular weight excluding hydrogens is 276 g/mol. The van der Waals surface area contributed by atoms with Gasteiger partial charge in [0.15, 0.2) is 0 Å². The second-order valence-electron chi connectivity index (χ2n) is 4.48. The number of nitrogens with two attached hydrogens (primary N) is 1. The van der Waals surface area contributed by atoms with Crippen LogP contribution in [-0.2, 0) is 0 Å². The average molecular weight is 291 g/mol. The van der Waals surface area contributed by atoms with Crippen LogP contribution in [0, 0.1) is 13.8 Å². The molecule has 2 aromatic rings. The van der Waals surface area contributed by atoms with Crippen LogP contribution in [0.4, 0.5) is 11.4 Å². The summed E-state index contributed by atoms with van der Waals surface area (Å²) in [4.78, 5) is 0.347. The predicted molar refractivity (Wildman–Crippen MR) is 86.5 cm³/mol. The molecule has 0 heterocycles. The maximum absolute atomic E-state index is 6.22. The van der Waals surface area contributed by atoms with E-state index in [2.05, 4.69) is 31.3 Å². The molecule has 0 saturated heterocycles. The van der Waals surface area contributed by atoms with E-state index < -0.39 is 0 Å². The van der Waals surface area contributed by atoms with E-state index in [1.807, 2.05) is 18.2 Å². The lowest BCUT2D eigenvalue weighted by molar-refractivity contribution is 1.34. The fourth-order valence-corrected chi connectivity index (χ4v) is 2.10. The number of halogens is 1. The van der Waals surface area contributed by atoms with Gasteiger partial charge >= 0.3 is 0 Å². The molecule has 0 amide bonds. The summed E-state index contributed by atoms with van der Waals surface area (Å²) in [6.07, 6.45) is 0. The predicted octanol–water partition coefficient (Wildman–Crippen LogP) is 4.33. The first-order chi connectivity index (χ1) is 8.97. The topological polar surface area (TPSA) is 38.0 Å². The van der Waals surface area contributed by atoms with E-state index in [1.54, 1.807) is 6.07 Å². The molecule has 0 atom stereocenters. The van der Waals surface area contributed by atoms with Crippen molar-refractivity contribution in [3.63, 3.8) is 0 Å². The van der Waals surface area contributed by atoms with Gasteiger partial charge in [0.25, 0.3) is 0 Å². The second-order valence-corrected chi connectivity index (χ2v) is 5.33. The highest BCUT2D eigenvalue weighted by molar-refractivity contribution is 7.80. The molecule has 0 aliphatic carbocycles. The molecule has 0 radical (unpaired) electrons. The van der Waals surface area contributed by atoms with Crippen LogP contribution < -0.4 is 11.1 Å². The van der Waals surface area contributed by atoms with E-state index in [4.69, 9.17) is 29.6 Å². The van der Waals surface area contributed by atoms with E-state index in [1.165, 1.54) is 11.1 Å². The molecule has 0 bridgehead atoms. The van der Waals surface area contributed by atoms with Crippen molar-refractivity contribution in [2.75, 3.05) is 5.32 Å². The van der Waals surface area contributed by atoms with Gasteiger partial charge in [0.1, 0.15) is 4.99 Å². The van der Waals surface area contributed by atoms with Crippen LogP contribution in [0.2, 0.25) is 5.02 Å². The zero-order chi connectivity index (χ0) is 14.0. The summed E-state index contributed by atoms with van der Waals surface area (Å²) in [7, 11) is 0. The molecule has 0 spiro atoms. The fraction of sp³-hybridized carbons (Fsp3) is 0.133. The summed E-state index contributed by atoms with van der Waals surface area (Å²) in [6.45, 7) is 4.17. The number of anilines is 2. The van der Waals surface area contributed by atoms with Gasteiger partial charge < -0.3 is 11.1 Å². The van der Waals surface area contributed by atoms with Gasteiger partial charge in [-0.2, -0.15) is 0 Å². The molecule has 0 aliphatic rings. The Kier molecular flexibility index (Phi) is 4.08. The van der Waals surface area contributed by atoms with Gasteiger partial charge in [-0.25, -0.2) is 0 Å². The summed E-state index contributed by atoms with van der Waals surface area (Å²) >= 11 is 11.1. The Morgan fingerprint density at radius 1 is 1.11 bits per heavy atom. The maximum atomic E-state index is 6.22. The van der Waals surface area contributed by atoms with Crippen molar-refractivity contribution in [2.24, 2.45) is 5.73 Å². The summed E-state index contributed by atoms with van der Waals surface area (Å²) in [5.41, 5.74) is 10.7. The minimum atomic E-state index is 0.347. The Bertz CT molecular complexity index is 638. The number of thiocarbonyl (C=S) groups is 1. The molecule has 0 aliphatic heterocycles. The number of hydrogen-bond donors (Lipinski definition) is 2. The Morgan fingerprint density at radius 3 is 2.42 bits per heavy atom. The van der Waals surface area contributed by atoms with Crippen LogP contribution in [0.15, 0.2) is 36.4 Å². The minimum absolute atomic E-state index is 0.347. The number of benzene rings is 2. The Labute approximate surface area is 123 Å². The van der Waals surface area contributed by atoms with Crippen molar-refractivity contribution < 1.29 is 0 Å². The van der Waals surface area contributed by atoms with Crippen molar-refractivity contribution in [1.82, 2.24) is 0 Å². The van der Waals surface area contributed by atoms with E-state index in [0.717, 1.165) is 16.9 Å². The third kappa shape index (κ3) is 3.25. The summed E-state index contributed by atoms with van der Waals surface area (Å²) in [6, 6.07) is 11.7. The lowest BCUT2D eigenvalue weighted by Gasteiger charge is -2.11. The quantitative estimate of drug-likeness (QED) is 0.826. The molecule has 98 valence electrons. The lowest BCUT2D eigenvalue weighted by Crippen LogP contribution is -2.09. The van der Waals surface area contributed by atoms with Crippen molar-refractivity contribution in [1.29, 1.82) is 0 Å². The molecule has 2 aromatic carbocycles. The number of hydrogen-bond acceptors (Lipinski definition) is 2. The molecule has 0 saturated carbocycles. The van der Waals surface area contributed by atoms with Gasteiger partial charge in [0.05, 0.1) is 10.7 Å². The summed E-state index contributed by atoms with van der Waals surface area (Å²) < 4.78 is 0. The van der Waals surface area contributed by atoms with Gasteiger partial charge in [-0.1, -0.05) is 29.9 Å². The Hall–Kier alpha value is -1.58. The van der Waals surface area contributed by atoms with Crippen LogP contribution in [-0.4, -0.2) is 4.99 Å². The zero-order valence-corrected chi connectivity index (χ0v) is 12.4. The van der Waals surface area contributed by atoms with E-state index >= 15 is 0 Å². The van der Waals surface area contributed by atoms with Crippen LogP contribution >= 0.6 is 23.8 Å². The van der Waals surface area contributed by atoms with Crippen molar-refractivity contribution in [3.05, 3.63) is 58.1 Å². The summed E-state index contributed by atoms with van der Waals surface area (Å²) in [5.74, 6) is 0. The minimum Gasteiger partial charge on any atom is -0.389 e. The maximum Gasteiger partial charge on any atom is 0.104 e. The van der Waals surface area contributed by atoms with Crippen molar-refractivity contribution in [2.45, 2.75) is 13.8 Å². The Morgan fingerprint density at radius 2 is 1.84 bits per heavy atom. The highest BCUT2D eigenvalue weighted by atomic mass is 35.5. The standard InChI is InChI=1S/C15H15ClN2S/c1-9-3-5-12(7-10(9)2)18-14-6-4-11(15(17)19)8-13(14)16/h3-8,18H,1-2H3,(H2,17,19). The van der Waals surface area contributed by atoms with Gasteiger partial charge in [0, 0.05) is 11.3 Å². The third-order valence-electron chi connectivity index (χ3n) is 3.04. The Balaban J connectivity index is 2.28. The van der Waals surface area contributed by atoms with Crippen LogP contribution in [0.5, 0.6) is 0 Å². The molecule has 0 fully saturated rings. The number of aryl methyl sites for hydroxylation is 2. The van der Waals surface area contributed by atoms with Gasteiger partial charge in [-0.05, 0) is 55.3 Å². The highest BCUT2D eigenvalue weighted by Gasteiger charge is 2.04. The van der Waals surface area contributed by atoms with E-state index in [-0.39, 0.29) is 0 Å². The third-order valence-corrected chi connectivity index (χ3v) is 3.59. The fourth-order valence-electron chi connectivity index (χ4n) is 1.74. The average Bonchev–Trinajstić information content (AvgIpc) is 2.36. The second kappa shape index (κ2) is 5.59. The number of nitrogens with one attached hydrogen (secondary N) is 1. The smallest absolute Gasteiger partial charge is 0.104 e. The van der Waals surface area contributed by atoms with Crippen molar-refractivity contribution in [3.8, 4) is 0 Å². The first kappa shape index (κ1) is 13.8. The molecule has 19 heavy (non-hydrogen) atoms. The first-order valence-electron chi connectivity index (χ1n) is 5.91. The van der Waals surface area contributed by atoms with Crippen LogP contribution in [0.3, 0.4) is 0 Å². The largest absolute Gasteiger partial charge is 0.389 e. The lowest BCUT2D eigenvalue weighted by atomic mass is 10.1. The van der Waals surface area contributed by atoms with E-state index in [9.17, 15) is 0 Å². The molecule has 2 nitrogen and oxygen atoms in total. The normalized spacial score (nSPS) is 10.3. The zero-order valence-electron chi connectivity index (χ0n) is 10.8. The van der Waals surface area contributed by atoms with Gasteiger partial charge in [-0.15, -0.1) is 0 Å². The summed E-state index contributed by atoms with van der Waals surface area (Å²) in [5, 5.41) is 3.89. The van der Waals surface area contributed by atoms with Gasteiger partial charge in [-0.3, -0.25) is 0 Å². The molecule has 4 heteroatoms. The monoisotopic (exact) mass is 290 g/mol. The van der Waals surface area contributed by atoms with Crippen LogP contribution in [0.1, 0.15) is 16.7 Å². The number of rotatable bonds is 3. The molecule has 0 unspecified atom stereocenters. The molecule has 3 N–H and O–H groups in total. The SMILES string of the molecule is Cc1ccc(Nc2ccc(C(N)=S)cc2Cl)cc1C. The molecule has 0 aromatic heterocycles. The first-order valence-corrected chi connectivity index (χ1v) is 6.69. The van der Waals surface area contributed by atoms with Gasteiger partial charge in [0.2, 0.25) is 0 Å². The highest BCUT2D eigenvalue weighted by Crippen LogP contribution is 2.27.